The van der Waals surface area contributed by atoms with Gasteiger partial charge in [0.05, 0.1) is 5.56 Å². The number of hydrogen-bond donors (Lipinski definition) is 1. The fourth-order valence-corrected chi connectivity index (χ4v) is 3.95. The number of hydrogen-bond acceptors (Lipinski definition) is 4. The molecule has 4 nitrogen and oxygen atoms in total. The van der Waals surface area contributed by atoms with Crippen LogP contribution in [0.2, 0.25) is 0 Å². The Morgan fingerprint density at radius 3 is 2.65 bits per heavy atom. The molecule has 1 aliphatic rings. The molecular formula is C21H26N2O2S. The lowest BCUT2D eigenvalue weighted by atomic mass is 9.95. The maximum Gasteiger partial charge on any atom is 0.254 e. The number of nitrogens with one attached hydrogen (secondary N) is 1. The van der Waals surface area contributed by atoms with E-state index in [1.165, 1.54) is 19.3 Å². The number of nitrogens with zero attached hydrogens (tertiary/aromatic N) is 1. The standard InChI is InChI=1S/C21H26N2O2S/c1-2-15-26-21-18(20(24)22-16-9-5-3-6-10-16)13-14-19(23-21)25-17-11-7-4-8-12-17/h4,7-8,11-14,16H,2-3,5-6,9-10,15H2,1H3,(H,22,24). The molecular weight excluding hydrogens is 344 g/mol. The molecule has 1 saturated carbocycles. The Morgan fingerprint density at radius 2 is 1.92 bits per heavy atom. The van der Waals surface area contributed by atoms with E-state index in [0.29, 0.717) is 17.5 Å². The van der Waals surface area contributed by atoms with E-state index in [2.05, 4.69) is 17.2 Å². The first-order valence-electron chi connectivity index (χ1n) is 9.44. The van der Waals surface area contributed by atoms with E-state index in [-0.39, 0.29) is 5.91 Å². The molecule has 1 amide bonds. The second-order valence-electron chi connectivity index (χ2n) is 6.57. The number of carbonyl (C=O) groups is 1. The number of carbonyl (C=O) groups excluding carboxylic acids is 1. The summed E-state index contributed by atoms with van der Waals surface area (Å²) in [5, 5.41) is 3.93. The quantitative estimate of drug-likeness (QED) is 0.660. The van der Waals surface area contributed by atoms with E-state index in [4.69, 9.17) is 4.74 Å². The number of pyridine rings is 1. The highest BCUT2D eigenvalue weighted by Gasteiger charge is 2.20. The van der Waals surface area contributed by atoms with E-state index in [1.807, 2.05) is 36.4 Å². The summed E-state index contributed by atoms with van der Waals surface area (Å²) in [4.78, 5) is 17.4. The SMILES string of the molecule is CCCSc1nc(Oc2ccccc2)ccc1C(=O)NC1CCCCC1. The van der Waals surface area contributed by atoms with Gasteiger partial charge >= 0.3 is 0 Å². The van der Waals surface area contributed by atoms with Crippen molar-refractivity contribution in [2.75, 3.05) is 5.75 Å². The predicted molar refractivity (Wildman–Crippen MR) is 106 cm³/mol. The Kier molecular flexibility index (Phi) is 6.95. The fourth-order valence-electron chi connectivity index (χ4n) is 3.08. The van der Waals surface area contributed by atoms with Gasteiger partial charge in [-0.25, -0.2) is 4.98 Å². The van der Waals surface area contributed by atoms with Crippen LogP contribution in [0.4, 0.5) is 0 Å². The van der Waals surface area contributed by atoms with Crippen LogP contribution in [0.1, 0.15) is 55.8 Å². The Hall–Kier alpha value is -2.01. The Balaban J connectivity index is 1.75. The molecule has 0 bridgehead atoms. The normalized spacial score (nSPS) is 14.8. The molecule has 3 rings (SSSR count). The lowest BCUT2D eigenvalue weighted by Crippen LogP contribution is -2.36. The lowest BCUT2D eigenvalue weighted by molar-refractivity contribution is 0.0924. The molecule has 0 aliphatic heterocycles. The van der Waals surface area contributed by atoms with Gasteiger partial charge in [0.15, 0.2) is 0 Å². The van der Waals surface area contributed by atoms with Gasteiger partial charge in [0.1, 0.15) is 10.8 Å². The van der Waals surface area contributed by atoms with Gasteiger partial charge in [0.25, 0.3) is 5.91 Å². The van der Waals surface area contributed by atoms with Crippen LogP contribution >= 0.6 is 11.8 Å². The minimum Gasteiger partial charge on any atom is -0.439 e. The summed E-state index contributed by atoms with van der Waals surface area (Å²) in [6.07, 6.45) is 6.85. The fraction of sp³-hybridized carbons (Fsp3) is 0.429. The summed E-state index contributed by atoms with van der Waals surface area (Å²) < 4.78 is 5.83. The third-order valence-corrected chi connectivity index (χ3v) is 5.63. The third-order valence-electron chi connectivity index (χ3n) is 4.43. The molecule has 1 fully saturated rings. The van der Waals surface area contributed by atoms with Crippen molar-refractivity contribution in [3.05, 3.63) is 48.0 Å². The van der Waals surface area contributed by atoms with Crippen molar-refractivity contribution in [2.24, 2.45) is 0 Å². The van der Waals surface area contributed by atoms with Crippen molar-refractivity contribution >= 4 is 17.7 Å². The van der Waals surface area contributed by atoms with Gasteiger partial charge in [-0.15, -0.1) is 11.8 Å². The highest BCUT2D eigenvalue weighted by atomic mass is 32.2. The molecule has 0 spiro atoms. The van der Waals surface area contributed by atoms with Crippen LogP contribution in [0.25, 0.3) is 0 Å². The van der Waals surface area contributed by atoms with Crippen molar-refractivity contribution in [2.45, 2.75) is 56.5 Å². The summed E-state index contributed by atoms with van der Waals surface area (Å²) in [5.74, 6) is 2.16. The van der Waals surface area contributed by atoms with Crippen LogP contribution in [-0.4, -0.2) is 22.7 Å². The zero-order chi connectivity index (χ0) is 18.2. The van der Waals surface area contributed by atoms with Crippen LogP contribution in [-0.2, 0) is 0 Å². The van der Waals surface area contributed by atoms with E-state index >= 15 is 0 Å². The van der Waals surface area contributed by atoms with Gasteiger partial charge in [-0.3, -0.25) is 4.79 Å². The second kappa shape index (κ2) is 9.62. The van der Waals surface area contributed by atoms with Crippen LogP contribution < -0.4 is 10.1 Å². The van der Waals surface area contributed by atoms with Gasteiger partial charge in [0, 0.05) is 12.1 Å². The molecule has 1 aliphatic carbocycles. The molecule has 1 aromatic heterocycles. The smallest absolute Gasteiger partial charge is 0.254 e. The summed E-state index contributed by atoms with van der Waals surface area (Å²) >= 11 is 1.61. The van der Waals surface area contributed by atoms with Crippen LogP contribution in [0.3, 0.4) is 0 Å². The number of amides is 1. The van der Waals surface area contributed by atoms with Crippen molar-refractivity contribution in [1.82, 2.24) is 10.3 Å². The first kappa shape index (κ1) is 18.8. The van der Waals surface area contributed by atoms with E-state index in [9.17, 15) is 4.79 Å². The third kappa shape index (κ3) is 5.24. The number of para-hydroxylation sites is 1. The summed E-state index contributed by atoms with van der Waals surface area (Å²) in [6.45, 7) is 2.12. The van der Waals surface area contributed by atoms with E-state index in [1.54, 1.807) is 17.8 Å². The zero-order valence-electron chi connectivity index (χ0n) is 15.2. The molecule has 1 N–H and O–H groups in total. The van der Waals surface area contributed by atoms with Gasteiger partial charge in [-0.05, 0) is 43.2 Å². The Morgan fingerprint density at radius 1 is 1.15 bits per heavy atom. The van der Waals surface area contributed by atoms with Gasteiger partial charge in [-0.1, -0.05) is 44.4 Å². The van der Waals surface area contributed by atoms with Crippen LogP contribution in [0.5, 0.6) is 11.6 Å². The maximum atomic E-state index is 12.8. The minimum atomic E-state index is -0.0192. The summed E-state index contributed by atoms with van der Waals surface area (Å²) in [7, 11) is 0. The minimum absolute atomic E-state index is 0.0192. The predicted octanol–water partition coefficient (Wildman–Crippen LogP) is 5.44. The van der Waals surface area contributed by atoms with Crippen LogP contribution in [0.15, 0.2) is 47.5 Å². The summed E-state index contributed by atoms with van der Waals surface area (Å²) in [5.41, 5.74) is 0.648. The Labute approximate surface area is 159 Å². The second-order valence-corrected chi connectivity index (χ2v) is 7.66. The molecule has 2 aromatic rings. The lowest BCUT2D eigenvalue weighted by Gasteiger charge is -2.23. The maximum absolute atomic E-state index is 12.8. The van der Waals surface area contributed by atoms with Crippen LogP contribution in [0, 0.1) is 0 Å². The molecule has 138 valence electrons. The zero-order valence-corrected chi connectivity index (χ0v) is 16.1. The molecule has 1 aromatic carbocycles. The van der Waals surface area contributed by atoms with Crippen molar-refractivity contribution < 1.29 is 9.53 Å². The first-order valence-corrected chi connectivity index (χ1v) is 10.4. The van der Waals surface area contributed by atoms with Gasteiger partial charge < -0.3 is 10.1 Å². The highest BCUT2D eigenvalue weighted by Crippen LogP contribution is 2.27. The monoisotopic (exact) mass is 370 g/mol. The molecule has 1 heterocycles. The van der Waals surface area contributed by atoms with Crippen molar-refractivity contribution in [1.29, 1.82) is 0 Å². The number of ether oxygens (including phenoxy) is 1. The molecule has 0 saturated heterocycles. The average Bonchev–Trinajstić information content (AvgIpc) is 2.68. The van der Waals surface area contributed by atoms with Crippen molar-refractivity contribution in [3.63, 3.8) is 0 Å². The number of aromatic nitrogens is 1. The van der Waals surface area contributed by atoms with Crippen molar-refractivity contribution in [3.8, 4) is 11.6 Å². The first-order chi connectivity index (χ1) is 12.8. The molecule has 0 unspecified atom stereocenters. The number of rotatable bonds is 7. The topological polar surface area (TPSA) is 51.2 Å². The van der Waals surface area contributed by atoms with Gasteiger partial charge in [0.2, 0.25) is 5.88 Å². The molecule has 0 radical (unpaired) electrons. The molecule has 5 heteroatoms. The number of thioether (sulfide) groups is 1. The van der Waals surface area contributed by atoms with E-state index in [0.717, 1.165) is 35.8 Å². The average molecular weight is 371 g/mol. The Bertz CT molecular complexity index is 715. The molecule has 0 atom stereocenters. The summed E-state index contributed by atoms with van der Waals surface area (Å²) in [6, 6.07) is 13.5. The number of benzene rings is 1. The van der Waals surface area contributed by atoms with Gasteiger partial charge in [-0.2, -0.15) is 0 Å². The van der Waals surface area contributed by atoms with E-state index < -0.39 is 0 Å². The largest absolute Gasteiger partial charge is 0.439 e. The highest BCUT2D eigenvalue weighted by molar-refractivity contribution is 7.99. The molecule has 26 heavy (non-hydrogen) atoms.